The summed E-state index contributed by atoms with van der Waals surface area (Å²) in [5.74, 6) is -2.59. The zero-order chi connectivity index (χ0) is 10.9. The number of hydrogen-bond acceptors (Lipinski definition) is 2. The van der Waals surface area contributed by atoms with Crippen LogP contribution >= 0.6 is 0 Å². The number of rotatable bonds is 1. The van der Waals surface area contributed by atoms with Gasteiger partial charge in [-0.25, -0.2) is 8.78 Å². The lowest BCUT2D eigenvalue weighted by Crippen LogP contribution is -2.24. The summed E-state index contributed by atoms with van der Waals surface area (Å²) in [6, 6.07) is 8.77. The van der Waals surface area contributed by atoms with Crippen LogP contribution in [0.25, 0.3) is 0 Å². The van der Waals surface area contributed by atoms with E-state index >= 15 is 0 Å². The summed E-state index contributed by atoms with van der Waals surface area (Å²) in [6.07, 6.45) is -0.107. The molecule has 4 heteroatoms. The predicted octanol–water partition coefficient (Wildman–Crippen LogP) is 2.40. The van der Waals surface area contributed by atoms with Crippen LogP contribution < -0.4 is 4.90 Å². The molecule has 2 nitrogen and oxygen atoms in total. The standard InChI is InChI=1S/C11H10F2N2/c12-11(13)4-5-15(8-11)10-3-1-2-9(6-10)7-14/h1-3,6H,4-5,8H2. The van der Waals surface area contributed by atoms with Crippen molar-refractivity contribution in [3.05, 3.63) is 29.8 Å². The van der Waals surface area contributed by atoms with E-state index in [0.29, 0.717) is 17.8 Å². The first-order valence-electron chi connectivity index (χ1n) is 4.74. The van der Waals surface area contributed by atoms with Gasteiger partial charge in [-0.05, 0) is 18.2 Å². The van der Waals surface area contributed by atoms with Crippen molar-refractivity contribution in [3.63, 3.8) is 0 Å². The molecule has 0 amide bonds. The van der Waals surface area contributed by atoms with E-state index in [1.807, 2.05) is 6.07 Å². The van der Waals surface area contributed by atoms with Crippen LogP contribution in [0.2, 0.25) is 0 Å². The van der Waals surface area contributed by atoms with Crippen LogP contribution in [-0.4, -0.2) is 19.0 Å². The summed E-state index contributed by atoms with van der Waals surface area (Å²) in [5, 5.41) is 8.69. The van der Waals surface area contributed by atoms with Crippen molar-refractivity contribution < 1.29 is 8.78 Å². The average Bonchev–Trinajstić information content (AvgIpc) is 2.59. The van der Waals surface area contributed by atoms with E-state index in [9.17, 15) is 8.78 Å². The molecule has 15 heavy (non-hydrogen) atoms. The Morgan fingerprint density at radius 1 is 1.40 bits per heavy atom. The van der Waals surface area contributed by atoms with E-state index in [2.05, 4.69) is 0 Å². The Hall–Kier alpha value is -1.63. The molecule has 1 saturated heterocycles. The predicted molar refractivity (Wildman–Crippen MR) is 52.9 cm³/mol. The van der Waals surface area contributed by atoms with Gasteiger partial charge >= 0.3 is 0 Å². The lowest BCUT2D eigenvalue weighted by Gasteiger charge is -2.18. The molecule has 0 aromatic heterocycles. The van der Waals surface area contributed by atoms with E-state index in [1.54, 1.807) is 29.2 Å². The summed E-state index contributed by atoms with van der Waals surface area (Å²) in [5.41, 5.74) is 1.20. The molecule has 1 heterocycles. The first-order chi connectivity index (χ1) is 7.11. The normalized spacial score (nSPS) is 18.9. The van der Waals surface area contributed by atoms with Crippen LogP contribution in [-0.2, 0) is 0 Å². The molecule has 0 spiro atoms. The molecule has 1 aliphatic rings. The molecule has 1 aliphatic heterocycles. The van der Waals surface area contributed by atoms with Gasteiger partial charge in [0, 0.05) is 18.7 Å². The molecule has 1 aromatic carbocycles. The Balaban J connectivity index is 2.21. The van der Waals surface area contributed by atoms with Gasteiger partial charge < -0.3 is 4.90 Å². The zero-order valence-corrected chi connectivity index (χ0v) is 8.08. The highest BCUT2D eigenvalue weighted by Gasteiger charge is 2.38. The number of benzene rings is 1. The third kappa shape index (κ3) is 2.07. The molecule has 0 bridgehead atoms. The first kappa shape index (κ1) is 9.91. The van der Waals surface area contributed by atoms with E-state index < -0.39 is 5.92 Å². The summed E-state index contributed by atoms with van der Waals surface area (Å²) < 4.78 is 25.9. The Bertz CT molecular complexity index is 409. The molecule has 0 radical (unpaired) electrons. The van der Waals surface area contributed by atoms with Gasteiger partial charge in [-0.15, -0.1) is 0 Å². The molecule has 0 aliphatic carbocycles. The average molecular weight is 208 g/mol. The first-order valence-corrected chi connectivity index (χ1v) is 4.74. The lowest BCUT2D eigenvalue weighted by atomic mass is 10.2. The van der Waals surface area contributed by atoms with Gasteiger partial charge in [0.25, 0.3) is 5.92 Å². The second-order valence-corrected chi connectivity index (χ2v) is 3.69. The van der Waals surface area contributed by atoms with E-state index in [-0.39, 0.29) is 13.0 Å². The van der Waals surface area contributed by atoms with Crippen LogP contribution in [0, 0.1) is 11.3 Å². The number of anilines is 1. The number of halogens is 2. The third-order valence-electron chi connectivity index (χ3n) is 2.51. The number of hydrogen-bond donors (Lipinski definition) is 0. The van der Waals surface area contributed by atoms with E-state index in [4.69, 9.17) is 5.26 Å². The summed E-state index contributed by atoms with van der Waals surface area (Å²) in [7, 11) is 0. The van der Waals surface area contributed by atoms with Gasteiger partial charge in [-0.1, -0.05) is 6.07 Å². The fourth-order valence-corrected chi connectivity index (χ4v) is 1.73. The second kappa shape index (κ2) is 3.50. The maximum Gasteiger partial charge on any atom is 0.266 e. The molecule has 1 aromatic rings. The van der Waals surface area contributed by atoms with Gasteiger partial charge in [0.05, 0.1) is 18.2 Å². The van der Waals surface area contributed by atoms with Crippen molar-refractivity contribution in [2.45, 2.75) is 12.3 Å². The highest BCUT2D eigenvalue weighted by molar-refractivity contribution is 5.52. The maximum absolute atomic E-state index is 13.0. The van der Waals surface area contributed by atoms with Crippen LogP contribution in [0.3, 0.4) is 0 Å². The summed E-state index contributed by atoms with van der Waals surface area (Å²) >= 11 is 0. The van der Waals surface area contributed by atoms with Gasteiger partial charge in [0.15, 0.2) is 0 Å². The molecule has 78 valence electrons. The molecule has 0 N–H and O–H groups in total. The monoisotopic (exact) mass is 208 g/mol. The highest BCUT2D eigenvalue weighted by atomic mass is 19.3. The number of nitriles is 1. The van der Waals surface area contributed by atoms with E-state index in [1.165, 1.54) is 0 Å². The Morgan fingerprint density at radius 2 is 2.20 bits per heavy atom. The second-order valence-electron chi connectivity index (χ2n) is 3.69. The Morgan fingerprint density at radius 3 is 2.80 bits per heavy atom. The number of alkyl halides is 2. The van der Waals surface area contributed by atoms with Gasteiger partial charge in [-0.2, -0.15) is 5.26 Å². The summed E-state index contributed by atoms with van der Waals surface area (Å²) in [4.78, 5) is 1.61. The SMILES string of the molecule is N#Cc1cccc(N2CCC(F)(F)C2)c1. The Labute approximate surface area is 86.7 Å². The molecular weight excluding hydrogens is 198 g/mol. The minimum absolute atomic E-state index is 0.107. The van der Waals surface area contributed by atoms with Crippen molar-refractivity contribution in [3.8, 4) is 6.07 Å². The molecule has 0 unspecified atom stereocenters. The van der Waals surface area contributed by atoms with Crippen molar-refractivity contribution in [1.29, 1.82) is 5.26 Å². The van der Waals surface area contributed by atoms with Gasteiger partial charge in [0.1, 0.15) is 0 Å². The molecular formula is C11H10F2N2. The topological polar surface area (TPSA) is 27.0 Å². The zero-order valence-electron chi connectivity index (χ0n) is 8.08. The van der Waals surface area contributed by atoms with Crippen LogP contribution in [0.4, 0.5) is 14.5 Å². The molecule has 1 fully saturated rings. The lowest BCUT2D eigenvalue weighted by molar-refractivity contribution is 0.0257. The fourth-order valence-electron chi connectivity index (χ4n) is 1.73. The van der Waals surface area contributed by atoms with Gasteiger partial charge in [-0.3, -0.25) is 0 Å². The third-order valence-corrected chi connectivity index (χ3v) is 2.51. The van der Waals surface area contributed by atoms with Crippen LogP contribution in [0.5, 0.6) is 0 Å². The Kier molecular flexibility index (Phi) is 2.31. The van der Waals surface area contributed by atoms with Crippen molar-refractivity contribution in [1.82, 2.24) is 0 Å². The minimum Gasteiger partial charge on any atom is -0.365 e. The van der Waals surface area contributed by atoms with Crippen molar-refractivity contribution >= 4 is 5.69 Å². The largest absolute Gasteiger partial charge is 0.365 e. The maximum atomic E-state index is 13.0. The quantitative estimate of drug-likeness (QED) is 0.708. The highest BCUT2D eigenvalue weighted by Crippen LogP contribution is 2.30. The van der Waals surface area contributed by atoms with E-state index in [0.717, 1.165) is 0 Å². The molecule has 0 atom stereocenters. The molecule has 2 rings (SSSR count). The van der Waals surface area contributed by atoms with Crippen LogP contribution in [0.1, 0.15) is 12.0 Å². The fraction of sp³-hybridized carbons (Fsp3) is 0.364. The number of nitrogens with zero attached hydrogens (tertiary/aromatic N) is 2. The summed E-state index contributed by atoms with van der Waals surface area (Å²) in [6.45, 7) is 0.101. The van der Waals surface area contributed by atoms with Crippen molar-refractivity contribution in [2.24, 2.45) is 0 Å². The van der Waals surface area contributed by atoms with Crippen LogP contribution in [0.15, 0.2) is 24.3 Å². The smallest absolute Gasteiger partial charge is 0.266 e. The minimum atomic E-state index is -2.59. The van der Waals surface area contributed by atoms with Gasteiger partial charge in [0.2, 0.25) is 0 Å². The molecule has 0 saturated carbocycles. The van der Waals surface area contributed by atoms with Crippen molar-refractivity contribution in [2.75, 3.05) is 18.0 Å².